The van der Waals surface area contributed by atoms with Gasteiger partial charge in [-0.3, -0.25) is 19.1 Å². The molecule has 1 aliphatic carbocycles. The molecule has 1 aromatic heterocycles. The van der Waals surface area contributed by atoms with E-state index in [4.69, 9.17) is 4.74 Å². The molecule has 9 heteroatoms. The van der Waals surface area contributed by atoms with Crippen LogP contribution in [0.15, 0.2) is 0 Å². The number of ether oxygens (including phenoxy) is 1. The molecule has 0 aromatic carbocycles. The van der Waals surface area contributed by atoms with Crippen LogP contribution in [0.5, 0.6) is 0 Å². The lowest BCUT2D eigenvalue weighted by atomic mass is 9.90. The van der Waals surface area contributed by atoms with Gasteiger partial charge in [0.15, 0.2) is 5.69 Å². The molecule has 29 heavy (non-hydrogen) atoms. The van der Waals surface area contributed by atoms with E-state index in [1.54, 1.807) is 14.5 Å². The zero-order valence-electron chi connectivity index (χ0n) is 17.6. The number of nitrogens with zero attached hydrogens (tertiary/aromatic N) is 4. The predicted molar refractivity (Wildman–Crippen MR) is 106 cm³/mol. The summed E-state index contributed by atoms with van der Waals surface area (Å²) in [5.41, 5.74) is 2.48. The van der Waals surface area contributed by atoms with E-state index in [0.29, 0.717) is 51.0 Å². The van der Waals surface area contributed by atoms with Crippen LogP contribution in [0, 0.1) is 0 Å². The zero-order chi connectivity index (χ0) is 21.0. The third-order valence-corrected chi connectivity index (χ3v) is 5.91. The lowest BCUT2D eigenvalue weighted by Crippen LogP contribution is -2.41. The number of carbonyl (C=O) groups is 3. The predicted octanol–water partition coefficient (Wildman–Crippen LogP) is 0.125. The highest BCUT2D eigenvalue weighted by Gasteiger charge is 2.31. The molecular weight excluding hydrogens is 374 g/mol. The van der Waals surface area contributed by atoms with Crippen LogP contribution in [0.2, 0.25) is 0 Å². The largest absolute Gasteiger partial charge is 0.375 e. The molecule has 0 radical (unpaired) electrons. The number of aryl methyl sites for hydroxylation is 1. The van der Waals surface area contributed by atoms with E-state index >= 15 is 0 Å². The van der Waals surface area contributed by atoms with Crippen molar-refractivity contribution < 1.29 is 19.1 Å². The number of amides is 3. The number of hydrogen-bond donors (Lipinski definition) is 1. The van der Waals surface area contributed by atoms with Gasteiger partial charge in [-0.1, -0.05) is 0 Å². The van der Waals surface area contributed by atoms with Crippen LogP contribution >= 0.6 is 0 Å². The molecule has 1 aliphatic heterocycles. The summed E-state index contributed by atoms with van der Waals surface area (Å²) >= 11 is 0. The van der Waals surface area contributed by atoms with Crippen LogP contribution in [-0.2, 0) is 34.2 Å². The van der Waals surface area contributed by atoms with Crippen LogP contribution in [0.3, 0.4) is 0 Å². The maximum Gasteiger partial charge on any atom is 0.272 e. The SMILES string of the molecule is COCC(=O)N1CCCNC(=O)c2nn(C)c3c2CC(CC3)N(C)C(=O)CCC1. The molecule has 9 nitrogen and oxygen atoms in total. The van der Waals surface area contributed by atoms with Crippen molar-refractivity contribution in [1.82, 2.24) is 24.9 Å². The van der Waals surface area contributed by atoms with E-state index in [0.717, 1.165) is 24.1 Å². The van der Waals surface area contributed by atoms with Gasteiger partial charge < -0.3 is 19.9 Å². The summed E-state index contributed by atoms with van der Waals surface area (Å²) in [6, 6.07) is 0.0575. The van der Waals surface area contributed by atoms with Gasteiger partial charge in [-0.05, 0) is 32.1 Å². The summed E-state index contributed by atoms with van der Waals surface area (Å²) in [7, 11) is 5.19. The molecule has 2 heterocycles. The fourth-order valence-electron chi connectivity index (χ4n) is 4.22. The van der Waals surface area contributed by atoms with Crippen LogP contribution in [0.1, 0.15) is 47.4 Å². The minimum atomic E-state index is -0.193. The Morgan fingerprint density at radius 2 is 1.97 bits per heavy atom. The number of carbonyl (C=O) groups excluding carboxylic acids is 3. The Bertz CT molecular complexity index is 775. The Hall–Kier alpha value is -2.42. The highest BCUT2D eigenvalue weighted by molar-refractivity contribution is 5.94. The summed E-state index contributed by atoms with van der Waals surface area (Å²) in [5, 5.41) is 7.38. The van der Waals surface area contributed by atoms with Gasteiger partial charge >= 0.3 is 0 Å². The van der Waals surface area contributed by atoms with Crippen molar-refractivity contribution in [2.75, 3.05) is 40.4 Å². The quantitative estimate of drug-likeness (QED) is 0.754. The summed E-state index contributed by atoms with van der Waals surface area (Å²) < 4.78 is 6.76. The molecular formula is C20H31N5O4. The highest BCUT2D eigenvalue weighted by atomic mass is 16.5. The maximum absolute atomic E-state index is 12.7. The van der Waals surface area contributed by atoms with Crippen molar-refractivity contribution in [3.63, 3.8) is 0 Å². The first-order chi connectivity index (χ1) is 13.9. The van der Waals surface area contributed by atoms with Crippen molar-refractivity contribution in [2.24, 2.45) is 7.05 Å². The van der Waals surface area contributed by atoms with Crippen LogP contribution in [0.4, 0.5) is 0 Å². The smallest absolute Gasteiger partial charge is 0.272 e. The van der Waals surface area contributed by atoms with E-state index in [9.17, 15) is 14.4 Å². The minimum absolute atomic E-state index is 0.0162. The molecule has 1 unspecified atom stereocenters. The lowest BCUT2D eigenvalue weighted by Gasteiger charge is -2.32. The topological polar surface area (TPSA) is 96.8 Å². The van der Waals surface area contributed by atoms with Crippen molar-refractivity contribution in [2.45, 2.75) is 44.6 Å². The molecule has 3 rings (SSSR count). The monoisotopic (exact) mass is 405 g/mol. The van der Waals surface area contributed by atoms with Gasteiger partial charge in [-0.25, -0.2) is 0 Å². The van der Waals surface area contributed by atoms with Gasteiger partial charge in [0.1, 0.15) is 6.61 Å². The average Bonchev–Trinajstić information content (AvgIpc) is 3.04. The standard InChI is InChI=1S/C20H31N5O4/c1-23-14-7-8-16-15(12-14)19(22-24(16)2)20(28)21-9-5-11-25(18(27)13-29-3)10-4-6-17(23)26/h14H,4-13H2,1-3H3,(H,21,28). The van der Waals surface area contributed by atoms with Crippen molar-refractivity contribution in [1.29, 1.82) is 0 Å². The first-order valence-electron chi connectivity index (χ1n) is 10.3. The second-order valence-corrected chi connectivity index (χ2v) is 7.83. The molecule has 0 saturated heterocycles. The molecule has 2 bridgehead atoms. The fraction of sp³-hybridized carbons (Fsp3) is 0.700. The first-order valence-corrected chi connectivity index (χ1v) is 10.3. The molecule has 0 saturated carbocycles. The number of methoxy groups -OCH3 is 1. The number of likely N-dealkylation sites (N-methyl/N-ethyl adjacent to an activating group) is 1. The molecule has 1 N–H and O–H groups in total. The zero-order valence-corrected chi connectivity index (χ0v) is 17.6. The van der Waals surface area contributed by atoms with Gasteiger partial charge in [-0.15, -0.1) is 0 Å². The minimum Gasteiger partial charge on any atom is -0.375 e. The van der Waals surface area contributed by atoms with Gasteiger partial charge in [0.2, 0.25) is 11.8 Å². The van der Waals surface area contributed by atoms with Crippen molar-refractivity contribution in [3.05, 3.63) is 17.0 Å². The molecule has 1 atom stereocenters. The van der Waals surface area contributed by atoms with Gasteiger partial charge in [-0.2, -0.15) is 5.10 Å². The highest BCUT2D eigenvalue weighted by Crippen LogP contribution is 2.27. The second-order valence-electron chi connectivity index (χ2n) is 7.83. The second kappa shape index (κ2) is 9.39. The molecule has 2 aliphatic rings. The number of fused-ring (bicyclic) bond motifs is 1. The molecule has 0 fully saturated rings. The third kappa shape index (κ3) is 4.77. The number of rotatable bonds is 2. The third-order valence-electron chi connectivity index (χ3n) is 5.91. The Labute approximate surface area is 171 Å². The van der Waals surface area contributed by atoms with Crippen LogP contribution in [0.25, 0.3) is 0 Å². The van der Waals surface area contributed by atoms with Gasteiger partial charge in [0.05, 0.1) is 0 Å². The first kappa shape index (κ1) is 21.3. The van der Waals surface area contributed by atoms with Crippen molar-refractivity contribution >= 4 is 17.7 Å². The van der Waals surface area contributed by atoms with Crippen LogP contribution < -0.4 is 5.32 Å². The molecule has 160 valence electrons. The van der Waals surface area contributed by atoms with E-state index in [-0.39, 0.29) is 30.4 Å². The van der Waals surface area contributed by atoms with E-state index in [1.165, 1.54) is 7.11 Å². The number of nitrogens with one attached hydrogen (secondary N) is 1. The summed E-state index contributed by atoms with van der Waals surface area (Å²) in [5.74, 6) is -0.222. The lowest BCUT2D eigenvalue weighted by molar-refractivity contribution is -0.136. The molecule has 1 aromatic rings. The van der Waals surface area contributed by atoms with Crippen molar-refractivity contribution in [3.8, 4) is 0 Å². The Morgan fingerprint density at radius 1 is 1.21 bits per heavy atom. The van der Waals surface area contributed by atoms with E-state index < -0.39 is 0 Å². The summed E-state index contributed by atoms with van der Waals surface area (Å²) in [6.07, 6.45) is 3.94. The Balaban J connectivity index is 1.81. The molecule has 0 spiro atoms. The van der Waals surface area contributed by atoms with Crippen LogP contribution in [-0.4, -0.2) is 83.7 Å². The average molecular weight is 405 g/mol. The summed E-state index contributed by atoms with van der Waals surface area (Å²) in [4.78, 5) is 41.3. The molecule has 3 amide bonds. The fourth-order valence-corrected chi connectivity index (χ4v) is 4.22. The van der Waals surface area contributed by atoms with E-state index in [2.05, 4.69) is 10.4 Å². The summed E-state index contributed by atoms with van der Waals surface area (Å²) in [6.45, 7) is 1.49. The Morgan fingerprint density at radius 3 is 2.72 bits per heavy atom. The van der Waals surface area contributed by atoms with E-state index in [1.807, 2.05) is 14.1 Å². The number of aromatic nitrogens is 2. The van der Waals surface area contributed by atoms with Gasteiger partial charge in [0.25, 0.3) is 5.91 Å². The maximum atomic E-state index is 12.7. The number of hydrogen-bond acceptors (Lipinski definition) is 5. The normalized spacial score (nSPS) is 21.4. The van der Waals surface area contributed by atoms with Gasteiger partial charge in [0, 0.05) is 64.6 Å². The Kier molecular flexibility index (Phi) is 6.89.